The van der Waals surface area contributed by atoms with E-state index in [1.54, 1.807) is 35.1 Å². The molecule has 3 rings (SSSR count). The van der Waals surface area contributed by atoms with Crippen molar-refractivity contribution in [3.8, 4) is 11.4 Å². The minimum absolute atomic E-state index is 0.0947. The molecule has 0 aliphatic rings. The fourth-order valence-corrected chi connectivity index (χ4v) is 2.08. The molecule has 3 aromatic rings. The van der Waals surface area contributed by atoms with Crippen molar-refractivity contribution < 1.29 is 4.79 Å². The number of nitrogens with one attached hydrogen (secondary N) is 1. The Bertz CT molecular complexity index is 928. The lowest BCUT2D eigenvalue weighted by atomic mass is 10.2. The van der Waals surface area contributed by atoms with Gasteiger partial charge < -0.3 is 11.5 Å². The molecule has 1 aromatic carbocycles. The highest BCUT2D eigenvalue weighted by atomic mass is 16.2. The number of aromatic nitrogens is 5. The first-order valence-electron chi connectivity index (χ1n) is 6.95. The van der Waals surface area contributed by atoms with E-state index < -0.39 is 11.7 Å². The van der Waals surface area contributed by atoms with Gasteiger partial charge in [0.25, 0.3) is 0 Å². The number of hydrogen-bond donors (Lipinski definition) is 3. The van der Waals surface area contributed by atoms with Gasteiger partial charge in [-0.25, -0.2) is 14.3 Å². The van der Waals surface area contributed by atoms with Gasteiger partial charge in [-0.15, -0.1) is 5.10 Å². The van der Waals surface area contributed by atoms with Crippen molar-refractivity contribution in [3.05, 3.63) is 58.9 Å². The monoisotopic (exact) mass is 326 g/mol. The molecule has 2 amide bonds. The predicted molar refractivity (Wildman–Crippen MR) is 85.8 cm³/mol. The standard InChI is InChI=1S/C14H14N8O2/c15-7-9-8-22(20-19-9)11-3-1-10(2-4-11)21-6-5-12(17-13(16)23)18-14(21)24/h1-6,8H,7,15H2,(H3,16,17,18,23,24). The number of anilines is 1. The van der Waals surface area contributed by atoms with Crippen LogP contribution in [-0.4, -0.2) is 30.6 Å². The van der Waals surface area contributed by atoms with Gasteiger partial charge in [-0.05, 0) is 30.3 Å². The van der Waals surface area contributed by atoms with Crippen LogP contribution in [0.2, 0.25) is 0 Å². The summed E-state index contributed by atoms with van der Waals surface area (Å²) in [5, 5.41) is 10.1. The number of hydrogen-bond acceptors (Lipinski definition) is 6. The molecule has 0 saturated heterocycles. The molecule has 24 heavy (non-hydrogen) atoms. The van der Waals surface area contributed by atoms with Crippen LogP contribution < -0.4 is 22.5 Å². The van der Waals surface area contributed by atoms with Crippen LogP contribution >= 0.6 is 0 Å². The van der Waals surface area contributed by atoms with Gasteiger partial charge in [-0.1, -0.05) is 5.21 Å². The normalized spacial score (nSPS) is 10.5. The quantitative estimate of drug-likeness (QED) is 0.603. The van der Waals surface area contributed by atoms with Gasteiger partial charge in [0.15, 0.2) is 0 Å². The number of nitrogens with two attached hydrogens (primary N) is 2. The lowest BCUT2D eigenvalue weighted by molar-refractivity contribution is 0.259. The van der Waals surface area contributed by atoms with E-state index in [9.17, 15) is 9.59 Å². The van der Waals surface area contributed by atoms with Crippen molar-refractivity contribution >= 4 is 11.8 Å². The van der Waals surface area contributed by atoms with Gasteiger partial charge in [0.1, 0.15) is 5.82 Å². The first-order chi connectivity index (χ1) is 11.6. The van der Waals surface area contributed by atoms with Crippen molar-refractivity contribution in [2.45, 2.75) is 6.54 Å². The summed E-state index contributed by atoms with van der Waals surface area (Å²) in [6, 6.07) is 7.74. The summed E-state index contributed by atoms with van der Waals surface area (Å²) in [7, 11) is 0. The first kappa shape index (κ1) is 15.4. The molecule has 0 fully saturated rings. The third kappa shape index (κ3) is 3.13. The SMILES string of the molecule is NCc1cn(-c2ccc(-n3ccc(NC(N)=O)nc3=O)cc2)nn1. The molecule has 0 bridgehead atoms. The third-order valence-electron chi connectivity index (χ3n) is 3.20. The second kappa shape index (κ2) is 6.30. The molecule has 0 saturated carbocycles. The molecular weight excluding hydrogens is 312 g/mol. The second-order valence-electron chi connectivity index (χ2n) is 4.83. The zero-order valence-electron chi connectivity index (χ0n) is 12.5. The Hall–Kier alpha value is -3.53. The van der Waals surface area contributed by atoms with Crippen molar-refractivity contribution in [3.63, 3.8) is 0 Å². The number of amides is 2. The minimum Gasteiger partial charge on any atom is -0.351 e. The van der Waals surface area contributed by atoms with Gasteiger partial charge in [0.2, 0.25) is 0 Å². The van der Waals surface area contributed by atoms with E-state index in [4.69, 9.17) is 11.5 Å². The summed E-state index contributed by atoms with van der Waals surface area (Å²) in [6.07, 6.45) is 3.23. The Balaban J connectivity index is 1.88. The van der Waals surface area contributed by atoms with Gasteiger partial charge in [0.05, 0.1) is 23.3 Å². The van der Waals surface area contributed by atoms with E-state index >= 15 is 0 Å². The first-order valence-corrected chi connectivity index (χ1v) is 6.95. The molecule has 2 aromatic heterocycles. The average Bonchev–Trinajstić information content (AvgIpc) is 3.04. The fraction of sp³-hybridized carbons (Fsp3) is 0.0714. The van der Waals surface area contributed by atoms with E-state index in [1.165, 1.54) is 16.8 Å². The predicted octanol–water partition coefficient (Wildman–Crippen LogP) is -0.238. The number of carbonyl (C=O) groups is 1. The molecular formula is C14H14N8O2. The summed E-state index contributed by atoms with van der Waals surface area (Å²) in [4.78, 5) is 26.5. The molecule has 0 aliphatic heterocycles. The van der Waals surface area contributed by atoms with Crippen LogP contribution in [0, 0.1) is 0 Å². The van der Waals surface area contributed by atoms with E-state index in [-0.39, 0.29) is 5.82 Å². The molecule has 10 heteroatoms. The Morgan fingerprint density at radius 1 is 1.17 bits per heavy atom. The maximum Gasteiger partial charge on any atom is 0.354 e. The number of benzene rings is 1. The third-order valence-corrected chi connectivity index (χ3v) is 3.20. The number of urea groups is 1. The van der Waals surface area contributed by atoms with Crippen molar-refractivity contribution in [1.29, 1.82) is 0 Å². The molecule has 10 nitrogen and oxygen atoms in total. The molecule has 0 spiro atoms. The fourth-order valence-electron chi connectivity index (χ4n) is 2.08. The van der Waals surface area contributed by atoms with Crippen LogP contribution in [0.3, 0.4) is 0 Å². The van der Waals surface area contributed by atoms with E-state index in [2.05, 4.69) is 20.6 Å². The van der Waals surface area contributed by atoms with Crippen LogP contribution in [0.4, 0.5) is 10.6 Å². The Morgan fingerprint density at radius 2 is 1.88 bits per heavy atom. The Labute approximate surface area is 135 Å². The van der Waals surface area contributed by atoms with Crippen LogP contribution in [0.15, 0.2) is 47.5 Å². The van der Waals surface area contributed by atoms with Crippen molar-refractivity contribution in [2.24, 2.45) is 11.5 Å². The smallest absolute Gasteiger partial charge is 0.351 e. The maximum absolute atomic E-state index is 12.0. The van der Waals surface area contributed by atoms with Crippen molar-refractivity contribution in [2.75, 3.05) is 5.32 Å². The van der Waals surface area contributed by atoms with Gasteiger partial charge >= 0.3 is 11.7 Å². The van der Waals surface area contributed by atoms with Gasteiger partial charge in [0, 0.05) is 12.7 Å². The summed E-state index contributed by atoms with van der Waals surface area (Å²) in [6.45, 7) is 0.310. The van der Waals surface area contributed by atoms with Crippen LogP contribution in [0.1, 0.15) is 5.69 Å². The Kier molecular flexibility index (Phi) is 4.03. The van der Waals surface area contributed by atoms with Crippen LogP contribution in [-0.2, 0) is 6.54 Å². The number of rotatable bonds is 4. The van der Waals surface area contributed by atoms with E-state index in [0.717, 1.165) is 5.69 Å². The minimum atomic E-state index is -0.784. The lowest BCUT2D eigenvalue weighted by Gasteiger charge is -2.07. The molecule has 2 heterocycles. The number of nitrogens with zero attached hydrogens (tertiary/aromatic N) is 5. The Morgan fingerprint density at radius 3 is 2.46 bits per heavy atom. The topological polar surface area (TPSA) is 147 Å². The molecule has 5 N–H and O–H groups in total. The highest BCUT2D eigenvalue weighted by Crippen LogP contribution is 2.12. The zero-order chi connectivity index (χ0) is 17.1. The van der Waals surface area contributed by atoms with Crippen LogP contribution in [0.5, 0.6) is 0 Å². The molecule has 0 radical (unpaired) electrons. The maximum atomic E-state index is 12.0. The van der Waals surface area contributed by atoms with Gasteiger partial charge in [-0.3, -0.25) is 9.88 Å². The molecule has 122 valence electrons. The summed E-state index contributed by atoms with van der Waals surface area (Å²) < 4.78 is 2.93. The van der Waals surface area contributed by atoms with E-state index in [1.807, 2.05) is 0 Å². The number of carbonyl (C=O) groups excluding carboxylic acids is 1. The lowest BCUT2D eigenvalue weighted by Crippen LogP contribution is -2.25. The number of primary amides is 1. The summed E-state index contributed by atoms with van der Waals surface area (Å²) >= 11 is 0. The van der Waals surface area contributed by atoms with Gasteiger partial charge in [-0.2, -0.15) is 4.98 Å². The summed E-state index contributed by atoms with van der Waals surface area (Å²) in [5.74, 6) is 0.0947. The zero-order valence-corrected chi connectivity index (χ0v) is 12.5. The van der Waals surface area contributed by atoms with E-state index in [0.29, 0.717) is 17.9 Å². The van der Waals surface area contributed by atoms with Crippen LogP contribution in [0.25, 0.3) is 11.4 Å². The molecule has 0 atom stereocenters. The largest absolute Gasteiger partial charge is 0.354 e. The highest BCUT2D eigenvalue weighted by Gasteiger charge is 2.06. The highest BCUT2D eigenvalue weighted by molar-refractivity contribution is 5.86. The molecule has 0 aliphatic carbocycles. The molecule has 0 unspecified atom stereocenters. The van der Waals surface area contributed by atoms with Crippen molar-refractivity contribution in [1.82, 2.24) is 24.5 Å². The summed E-state index contributed by atoms with van der Waals surface area (Å²) in [5.41, 5.74) is 12.0. The second-order valence-corrected chi connectivity index (χ2v) is 4.83. The average molecular weight is 326 g/mol.